The van der Waals surface area contributed by atoms with Crippen LogP contribution in [0, 0.1) is 0 Å². The molecule has 0 spiro atoms. The van der Waals surface area contributed by atoms with Crippen molar-refractivity contribution in [3.05, 3.63) is 18.0 Å². The van der Waals surface area contributed by atoms with Gasteiger partial charge in [-0.25, -0.2) is 18.4 Å². The number of nitrogens with zero attached hydrogens (tertiary/aromatic N) is 3. The normalized spacial score (nSPS) is 19.8. The van der Waals surface area contributed by atoms with Gasteiger partial charge in [0, 0.05) is 31.5 Å². The minimum Gasteiger partial charge on any atom is -0.352 e. The van der Waals surface area contributed by atoms with Crippen molar-refractivity contribution in [2.75, 3.05) is 29.5 Å². The number of carbonyl (C=O) groups is 1. The Hall–Kier alpha value is -1.70. The number of sulfone groups is 1. The molecule has 0 saturated carbocycles. The molecule has 1 unspecified atom stereocenters. The van der Waals surface area contributed by atoms with Crippen LogP contribution in [0.2, 0.25) is 0 Å². The molecule has 1 amide bonds. The molecule has 0 radical (unpaired) electrons. The number of hydrogen-bond acceptors (Lipinski definition) is 6. The Balaban J connectivity index is 2.09. The van der Waals surface area contributed by atoms with Gasteiger partial charge in [0.05, 0.1) is 17.1 Å². The summed E-state index contributed by atoms with van der Waals surface area (Å²) in [4.78, 5) is 22.2. The summed E-state index contributed by atoms with van der Waals surface area (Å²) in [6.07, 6.45) is 4.43. The summed E-state index contributed by atoms with van der Waals surface area (Å²) in [6.45, 7) is 5.16. The third-order valence-corrected chi connectivity index (χ3v) is 5.43. The summed E-state index contributed by atoms with van der Waals surface area (Å²) in [5.74, 6) is 0.630. The first-order valence-corrected chi connectivity index (χ1v) is 9.36. The van der Waals surface area contributed by atoms with Gasteiger partial charge in [0.15, 0.2) is 9.84 Å². The van der Waals surface area contributed by atoms with Gasteiger partial charge in [-0.05, 0) is 19.8 Å². The average molecular weight is 326 g/mol. The van der Waals surface area contributed by atoms with Crippen LogP contribution in [-0.2, 0) is 9.84 Å². The van der Waals surface area contributed by atoms with Crippen LogP contribution < -0.4 is 10.2 Å². The zero-order valence-electron chi connectivity index (χ0n) is 12.9. The molecule has 1 aromatic rings. The summed E-state index contributed by atoms with van der Waals surface area (Å²) >= 11 is 0. The summed E-state index contributed by atoms with van der Waals surface area (Å²) in [5.41, 5.74) is 0.410. The summed E-state index contributed by atoms with van der Waals surface area (Å²) in [6, 6.07) is -0.0882. The van der Waals surface area contributed by atoms with E-state index in [2.05, 4.69) is 15.3 Å². The van der Waals surface area contributed by atoms with Crippen LogP contribution in [0.15, 0.2) is 12.4 Å². The highest BCUT2D eigenvalue weighted by molar-refractivity contribution is 7.91. The van der Waals surface area contributed by atoms with Crippen molar-refractivity contribution >= 4 is 21.7 Å². The third-order valence-electron chi connectivity index (χ3n) is 3.68. The smallest absolute Gasteiger partial charge is 0.254 e. The van der Waals surface area contributed by atoms with Crippen LogP contribution in [0.5, 0.6) is 0 Å². The second-order valence-corrected chi connectivity index (χ2v) is 7.60. The molecule has 2 heterocycles. The largest absolute Gasteiger partial charge is 0.352 e. The van der Waals surface area contributed by atoms with Gasteiger partial charge in [0.25, 0.3) is 5.91 Å². The lowest BCUT2D eigenvalue weighted by atomic mass is 10.2. The Bertz CT molecular complexity index is 615. The van der Waals surface area contributed by atoms with Crippen LogP contribution >= 0.6 is 0 Å². The number of hydrogen-bond donors (Lipinski definition) is 1. The monoisotopic (exact) mass is 326 g/mol. The average Bonchev–Trinajstić information content (AvgIpc) is 2.86. The van der Waals surface area contributed by atoms with Crippen LogP contribution in [-0.4, -0.2) is 54.9 Å². The number of rotatable bonds is 6. The molecule has 1 saturated heterocycles. The first-order valence-electron chi connectivity index (χ1n) is 7.54. The van der Waals surface area contributed by atoms with Gasteiger partial charge in [-0.1, -0.05) is 6.92 Å². The van der Waals surface area contributed by atoms with Crippen LogP contribution in [0.4, 0.5) is 5.95 Å². The van der Waals surface area contributed by atoms with E-state index in [4.69, 9.17) is 0 Å². The third kappa shape index (κ3) is 3.94. The van der Waals surface area contributed by atoms with Crippen molar-refractivity contribution in [3.8, 4) is 0 Å². The number of amides is 1. The highest BCUT2D eigenvalue weighted by atomic mass is 32.2. The predicted octanol–water partition coefficient (Wildman–Crippen LogP) is 0.630. The lowest BCUT2D eigenvalue weighted by molar-refractivity contribution is 0.0953. The maximum atomic E-state index is 11.8. The zero-order chi connectivity index (χ0) is 16.2. The van der Waals surface area contributed by atoms with Gasteiger partial charge in [0.2, 0.25) is 5.95 Å². The van der Waals surface area contributed by atoms with Crippen molar-refractivity contribution in [1.29, 1.82) is 0 Å². The molecule has 1 fully saturated rings. The van der Waals surface area contributed by atoms with E-state index in [-0.39, 0.29) is 23.5 Å². The summed E-state index contributed by atoms with van der Waals surface area (Å²) in [7, 11) is -2.95. The van der Waals surface area contributed by atoms with Gasteiger partial charge in [-0.15, -0.1) is 0 Å². The molecule has 22 heavy (non-hydrogen) atoms. The molecule has 1 atom stereocenters. The first-order chi connectivity index (χ1) is 10.5. The molecule has 1 aliphatic heterocycles. The fourth-order valence-electron chi connectivity index (χ4n) is 2.51. The highest BCUT2D eigenvalue weighted by Crippen LogP contribution is 2.21. The maximum Gasteiger partial charge on any atom is 0.254 e. The molecule has 0 aliphatic carbocycles. The standard InChI is InChI=1S/C14H22N4O3S/c1-3-6-15-13(19)11-8-16-14(17-9-11)18(4-2)12-5-7-22(20,21)10-12/h8-9,12H,3-7,10H2,1-2H3,(H,15,19). The van der Waals surface area contributed by atoms with Gasteiger partial charge in [-0.2, -0.15) is 0 Å². The summed E-state index contributed by atoms with van der Waals surface area (Å²) in [5, 5.41) is 2.77. The van der Waals surface area contributed by atoms with Crippen molar-refractivity contribution in [2.24, 2.45) is 0 Å². The molecule has 8 heteroatoms. The fraction of sp³-hybridized carbons (Fsp3) is 0.643. The molecular weight excluding hydrogens is 304 g/mol. The Morgan fingerprint density at radius 3 is 2.55 bits per heavy atom. The van der Waals surface area contributed by atoms with E-state index in [0.29, 0.717) is 31.0 Å². The van der Waals surface area contributed by atoms with Crippen molar-refractivity contribution in [2.45, 2.75) is 32.7 Å². The SMILES string of the molecule is CCCNC(=O)c1cnc(N(CC)C2CCS(=O)(=O)C2)nc1. The second-order valence-electron chi connectivity index (χ2n) is 5.37. The number of carbonyl (C=O) groups excluding carboxylic acids is 1. The topological polar surface area (TPSA) is 92.3 Å². The molecule has 122 valence electrons. The van der Waals surface area contributed by atoms with E-state index in [1.807, 2.05) is 18.7 Å². The quantitative estimate of drug-likeness (QED) is 0.824. The Morgan fingerprint density at radius 1 is 1.36 bits per heavy atom. The molecular formula is C14H22N4O3S. The van der Waals surface area contributed by atoms with Crippen molar-refractivity contribution < 1.29 is 13.2 Å². The van der Waals surface area contributed by atoms with E-state index in [1.54, 1.807) is 0 Å². The predicted molar refractivity (Wildman–Crippen MR) is 84.7 cm³/mol. The summed E-state index contributed by atoms with van der Waals surface area (Å²) < 4.78 is 23.2. The Labute approximate surface area is 131 Å². The van der Waals surface area contributed by atoms with Crippen LogP contribution in [0.1, 0.15) is 37.0 Å². The van der Waals surface area contributed by atoms with Crippen LogP contribution in [0.25, 0.3) is 0 Å². The molecule has 0 aromatic carbocycles. The van der Waals surface area contributed by atoms with Gasteiger partial charge in [0.1, 0.15) is 0 Å². The Kier molecular flexibility index (Phi) is 5.33. The number of anilines is 1. The fourth-order valence-corrected chi connectivity index (χ4v) is 4.24. The molecule has 2 rings (SSSR count). The zero-order valence-corrected chi connectivity index (χ0v) is 13.8. The molecule has 1 aliphatic rings. The highest BCUT2D eigenvalue weighted by Gasteiger charge is 2.32. The molecule has 1 N–H and O–H groups in total. The van der Waals surface area contributed by atoms with E-state index in [0.717, 1.165) is 6.42 Å². The van der Waals surface area contributed by atoms with Gasteiger partial charge < -0.3 is 10.2 Å². The minimum absolute atomic E-state index is 0.0882. The minimum atomic E-state index is -2.95. The van der Waals surface area contributed by atoms with E-state index in [1.165, 1.54) is 12.4 Å². The maximum absolute atomic E-state index is 11.8. The molecule has 0 bridgehead atoms. The van der Waals surface area contributed by atoms with Gasteiger partial charge in [-0.3, -0.25) is 4.79 Å². The number of nitrogens with one attached hydrogen (secondary N) is 1. The Morgan fingerprint density at radius 2 is 2.05 bits per heavy atom. The van der Waals surface area contributed by atoms with E-state index < -0.39 is 9.84 Å². The lowest BCUT2D eigenvalue weighted by Gasteiger charge is -2.26. The first kappa shape index (κ1) is 16.7. The number of aromatic nitrogens is 2. The molecule has 7 nitrogen and oxygen atoms in total. The van der Waals surface area contributed by atoms with Crippen molar-refractivity contribution in [3.63, 3.8) is 0 Å². The van der Waals surface area contributed by atoms with Crippen LogP contribution in [0.3, 0.4) is 0 Å². The van der Waals surface area contributed by atoms with E-state index in [9.17, 15) is 13.2 Å². The lowest BCUT2D eigenvalue weighted by Crippen LogP contribution is -2.37. The molecule has 1 aromatic heterocycles. The second kappa shape index (κ2) is 7.04. The van der Waals surface area contributed by atoms with Crippen molar-refractivity contribution in [1.82, 2.24) is 15.3 Å². The van der Waals surface area contributed by atoms with Gasteiger partial charge >= 0.3 is 0 Å². The van der Waals surface area contributed by atoms with E-state index >= 15 is 0 Å².